The Balaban J connectivity index is 1.97. The van der Waals surface area contributed by atoms with Crippen LogP contribution in [0.2, 0.25) is 0 Å². The van der Waals surface area contributed by atoms with Crippen molar-refractivity contribution < 1.29 is 4.21 Å². The van der Waals surface area contributed by atoms with Crippen molar-refractivity contribution in [3.8, 4) is 0 Å². The Morgan fingerprint density at radius 2 is 2.44 bits per heavy atom. The van der Waals surface area contributed by atoms with Crippen molar-refractivity contribution in [2.24, 2.45) is 0 Å². The van der Waals surface area contributed by atoms with Crippen LogP contribution in [0.5, 0.6) is 0 Å². The minimum absolute atomic E-state index is 0.400. The topological polar surface area (TPSA) is 42.0 Å². The third kappa shape index (κ3) is 3.12. The molecule has 0 radical (unpaired) electrons. The van der Waals surface area contributed by atoms with Gasteiger partial charge in [0.05, 0.1) is 10.8 Å². The van der Waals surface area contributed by atoms with Crippen LogP contribution in [0.1, 0.15) is 24.8 Å². The molecule has 16 heavy (non-hydrogen) atoms. The van der Waals surface area contributed by atoms with E-state index in [9.17, 15) is 4.21 Å². The lowest BCUT2D eigenvalue weighted by molar-refractivity contribution is 0.427. The first kappa shape index (κ1) is 11.7. The summed E-state index contributed by atoms with van der Waals surface area (Å²) in [5.74, 6) is 0.691. The van der Waals surface area contributed by atoms with Crippen LogP contribution in [-0.2, 0) is 10.8 Å². The van der Waals surface area contributed by atoms with E-state index in [2.05, 4.69) is 10.3 Å². The lowest BCUT2D eigenvalue weighted by Gasteiger charge is -2.22. The van der Waals surface area contributed by atoms with Crippen LogP contribution in [0.15, 0.2) is 23.4 Å². The van der Waals surface area contributed by atoms with E-state index in [1.807, 2.05) is 19.1 Å². The molecule has 1 aliphatic rings. The van der Waals surface area contributed by atoms with Gasteiger partial charge in [-0.25, -0.2) is 4.98 Å². The predicted molar refractivity (Wildman–Crippen MR) is 65.9 cm³/mol. The zero-order chi connectivity index (χ0) is 11.4. The van der Waals surface area contributed by atoms with Gasteiger partial charge in [-0.3, -0.25) is 4.21 Å². The zero-order valence-electron chi connectivity index (χ0n) is 9.61. The van der Waals surface area contributed by atoms with Gasteiger partial charge < -0.3 is 5.32 Å². The molecule has 1 N–H and O–H groups in total. The largest absolute Gasteiger partial charge is 0.313 e. The summed E-state index contributed by atoms with van der Waals surface area (Å²) in [6, 6.07) is 4.25. The van der Waals surface area contributed by atoms with Crippen molar-refractivity contribution in [2.45, 2.75) is 37.3 Å². The Bertz CT molecular complexity index is 375. The molecule has 0 saturated carbocycles. The summed E-state index contributed by atoms with van der Waals surface area (Å²) < 4.78 is 12.1. The van der Waals surface area contributed by atoms with Crippen molar-refractivity contribution >= 4 is 10.8 Å². The van der Waals surface area contributed by atoms with Gasteiger partial charge in [0.15, 0.2) is 0 Å². The highest BCUT2D eigenvalue weighted by molar-refractivity contribution is 7.85. The fraction of sp³-hybridized carbons (Fsp3) is 0.583. The second-order valence-corrected chi connectivity index (χ2v) is 5.77. The number of aromatic nitrogens is 1. The molecule has 0 bridgehead atoms. The Morgan fingerprint density at radius 3 is 3.12 bits per heavy atom. The van der Waals surface area contributed by atoms with E-state index >= 15 is 0 Å². The molecule has 0 aliphatic carbocycles. The predicted octanol–water partition coefficient (Wildman–Crippen LogP) is 1.64. The fourth-order valence-corrected chi connectivity index (χ4v) is 3.28. The molecule has 0 amide bonds. The van der Waals surface area contributed by atoms with Crippen molar-refractivity contribution in [1.29, 1.82) is 0 Å². The van der Waals surface area contributed by atoms with Gasteiger partial charge in [0, 0.05) is 18.0 Å². The van der Waals surface area contributed by atoms with E-state index in [4.69, 9.17) is 0 Å². The molecule has 4 heteroatoms. The molecule has 1 saturated heterocycles. The molecule has 2 heterocycles. The molecule has 0 spiro atoms. The normalized spacial score (nSPS) is 22.9. The fourth-order valence-electron chi connectivity index (χ4n) is 1.97. The average Bonchev–Trinajstić information content (AvgIpc) is 2.30. The summed E-state index contributed by atoms with van der Waals surface area (Å²) in [6.45, 7) is 3.06. The number of nitrogens with zero attached hydrogens (tertiary/aromatic N) is 1. The van der Waals surface area contributed by atoms with E-state index in [0.717, 1.165) is 18.5 Å². The lowest BCUT2D eigenvalue weighted by atomic mass is 10.1. The zero-order valence-corrected chi connectivity index (χ0v) is 10.4. The van der Waals surface area contributed by atoms with Crippen molar-refractivity contribution in [2.75, 3.05) is 12.3 Å². The summed E-state index contributed by atoms with van der Waals surface area (Å²) in [7, 11) is -0.965. The first-order valence-electron chi connectivity index (χ1n) is 5.80. The first-order valence-corrected chi connectivity index (χ1v) is 7.12. The average molecular weight is 238 g/mol. The second-order valence-electron chi connectivity index (χ2n) is 4.33. The van der Waals surface area contributed by atoms with Crippen LogP contribution in [0.4, 0.5) is 0 Å². The Labute approximate surface area is 99.1 Å². The van der Waals surface area contributed by atoms with Crippen LogP contribution >= 0.6 is 0 Å². The SMILES string of the molecule is Cc1ccnc([S@](=O)C[C@H]2CCCCN2)c1. The molecule has 1 fully saturated rings. The number of nitrogens with one attached hydrogen (secondary N) is 1. The van der Waals surface area contributed by atoms with E-state index in [0.29, 0.717) is 16.8 Å². The number of aryl methyl sites for hydroxylation is 1. The molecule has 2 rings (SSSR count). The van der Waals surface area contributed by atoms with E-state index in [-0.39, 0.29) is 0 Å². The minimum Gasteiger partial charge on any atom is -0.313 e. The molecular weight excluding hydrogens is 220 g/mol. The monoisotopic (exact) mass is 238 g/mol. The highest BCUT2D eigenvalue weighted by Gasteiger charge is 2.17. The summed E-state index contributed by atoms with van der Waals surface area (Å²) >= 11 is 0. The van der Waals surface area contributed by atoms with Gasteiger partial charge in [-0.15, -0.1) is 0 Å². The summed E-state index contributed by atoms with van der Waals surface area (Å²) in [4.78, 5) is 4.18. The molecule has 2 atom stereocenters. The molecular formula is C12H18N2OS. The number of piperidine rings is 1. The van der Waals surface area contributed by atoms with E-state index in [1.54, 1.807) is 6.20 Å². The van der Waals surface area contributed by atoms with Crippen molar-refractivity contribution in [3.63, 3.8) is 0 Å². The van der Waals surface area contributed by atoms with Gasteiger partial charge in [0.1, 0.15) is 5.03 Å². The molecule has 3 nitrogen and oxygen atoms in total. The van der Waals surface area contributed by atoms with Crippen LogP contribution < -0.4 is 5.32 Å². The number of rotatable bonds is 3. The Hall–Kier alpha value is -0.740. The smallest absolute Gasteiger partial charge is 0.127 e. The molecule has 1 aromatic rings. The quantitative estimate of drug-likeness (QED) is 0.870. The van der Waals surface area contributed by atoms with Gasteiger partial charge in [-0.1, -0.05) is 6.42 Å². The highest BCUT2D eigenvalue weighted by atomic mass is 32.2. The maximum Gasteiger partial charge on any atom is 0.127 e. The van der Waals surface area contributed by atoms with Gasteiger partial charge in [-0.05, 0) is 44.0 Å². The van der Waals surface area contributed by atoms with Crippen molar-refractivity contribution in [1.82, 2.24) is 10.3 Å². The number of hydrogen-bond acceptors (Lipinski definition) is 3. The van der Waals surface area contributed by atoms with Crippen LogP contribution in [0, 0.1) is 6.92 Å². The third-order valence-electron chi connectivity index (χ3n) is 2.89. The maximum absolute atomic E-state index is 12.1. The van der Waals surface area contributed by atoms with Gasteiger partial charge in [-0.2, -0.15) is 0 Å². The number of pyridine rings is 1. The van der Waals surface area contributed by atoms with E-state index in [1.165, 1.54) is 12.8 Å². The van der Waals surface area contributed by atoms with Gasteiger partial charge in [0.25, 0.3) is 0 Å². The minimum atomic E-state index is -0.965. The van der Waals surface area contributed by atoms with Gasteiger partial charge >= 0.3 is 0 Å². The lowest BCUT2D eigenvalue weighted by Crippen LogP contribution is -2.38. The number of hydrogen-bond donors (Lipinski definition) is 1. The first-order chi connectivity index (χ1) is 7.75. The van der Waals surface area contributed by atoms with Gasteiger partial charge in [0.2, 0.25) is 0 Å². The molecule has 0 unspecified atom stereocenters. The van der Waals surface area contributed by atoms with E-state index < -0.39 is 10.8 Å². The Morgan fingerprint density at radius 1 is 1.56 bits per heavy atom. The Kier molecular flexibility index (Phi) is 4.07. The third-order valence-corrected chi connectivity index (χ3v) is 4.28. The molecule has 1 aliphatic heterocycles. The molecule has 0 aromatic carbocycles. The van der Waals surface area contributed by atoms with Crippen LogP contribution in [0.3, 0.4) is 0 Å². The second kappa shape index (κ2) is 5.55. The summed E-state index contributed by atoms with van der Waals surface area (Å²) in [5, 5.41) is 4.13. The van der Waals surface area contributed by atoms with Crippen LogP contribution in [-0.4, -0.2) is 27.5 Å². The summed E-state index contributed by atoms with van der Waals surface area (Å²) in [5.41, 5.74) is 1.12. The van der Waals surface area contributed by atoms with Crippen LogP contribution in [0.25, 0.3) is 0 Å². The molecule has 88 valence electrons. The highest BCUT2D eigenvalue weighted by Crippen LogP contribution is 2.12. The standard InChI is InChI=1S/C12H18N2OS/c1-10-5-7-14-12(8-10)16(15)9-11-4-2-3-6-13-11/h5,7-8,11,13H,2-4,6,9H2,1H3/t11-,16-/m1/s1. The van der Waals surface area contributed by atoms with Crippen molar-refractivity contribution in [3.05, 3.63) is 23.9 Å². The molecule has 1 aromatic heterocycles. The maximum atomic E-state index is 12.1. The summed E-state index contributed by atoms with van der Waals surface area (Å²) in [6.07, 6.45) is 5.36.